The van der Waals surface area contributed by atoms with Gasteiger partial charge in [-0.3, -0.25) is 0 Å². The second-order valence-electron chi connectivity index (χ2n) is 8.92. The molecule has 0 aromatic carbocycles. The van der Waals surface area contributed by atoms with Crippen LogP contribution in [0.3, 0.4) is 0 Å². The summed E-state index contributed by atoms with van der Waals surface area (Å²) in [5.74, 6) is 0. The van der Waals surface area contributed by atoms with Crippen LogP contribution in [-0.4, -0.2) is 165 Å². The molecule has 3 heterocycles. The van der Waals surface area contributed by atoms with Gasteiger partial charge in [0.25, 0.3) is 0 Å². The average Bonchev–Trinajstić information content (AvgIpc) is 2.84. The van der Waals surface area contributed by atoms with Crippen molar-refractivity contribution >= 4 is 0 Å². The summed E-state index contributed by atoms with van der Waals surface area (Å²) in [5.41, 5.74) is 0. The Labute approximate surface area is 200 Å². The molecule has 9 unspecified atom stereocenters. The summed E-state index contributed by atoms with van der Waals surface area (Å²) in [4.78, 5) is 0. The number of aliphatic hydroxyl groups is 9. The Morgan fingerprint density at radius 3 is 1.54 bits per heavy atom. The van der Waals surface area contributed by atoms with Crippen LogP contribution in [0.1, 0.15) is 6.92 Å². The lowest BCUT2D eigenvalue weighted by Crippen LogP contribution is -2.66. The van der Waals surface area contributed by atoms with Crippen LogP contribution in [-0.2, 0) is 28.4 Å². The molecule has 15 heteroatoms. The lowest BCUT2D eigenvalue weighted by Gasteiger charge is -2.48. The summed E-state index contributed by atoms with van der Waals surface area (Å²) in [6, 6.07) is 0. The Balaban J connectivity index is 1.72. The first-order valence-electron chi connectivity index (χ1n) is 11.3. The van der Waals surface area contributed by atoms with E-state index in [1.807, 2.05) is 0 Å². The molecule has 3 aliphatic heterocycles. The number of methoxy groups -OCH3 is 1. The fourth-order valence-electron chi connectivity index (χ4n) is 4.41. The van der Waals surface area contributed by atoms with Crippen molar-refractivity contribution in [3.63, 3.8) is 0 Å². The van der Waals surface area contributed by atoms with Gasteiger partial charge in [0.1, 0.15) is 73.2 Å². The summed E-state index contributed by atoms with van der Waals surface area (Å²) in [6.45, 7) is -0.0104. The molecule has 0 aliphatic carbocycles. The van der Waals surface area contributed by atoms with Gasteiger partial charge < -0.3 is 74.4 Å². The number of hydrogen-bond acceptors (Lipinski definition) is 15. The van der Waals surface area contributed by atoms with Crippen LogP contribution in [0.2, 0.25) is 0 Å². The molecule has 3 fully saturated rings. The summed E-state index contributed by atoms with van der Waals surface area (Å²) in [5, 5.41) is 91.6. The van der Waals surface area contributed by atoms with Crippen molar-refractivity contribution in [2.45, 2.75) is 98.9 Å². The average molecular weight is 516 g/mol. The summed E-state index contributed by atoms with van der Waals surface area (Å²) in [7, 11) is 1.33. The summed E-state index contributed by atoms with van der Waals surface area (Å²) >= 11 is 0. The molecule has 0 amide bonds. The van der Waals surface area contributed by atoms with Gasteiger partial charge >= 0.3 is 0 Å². The maximum absolute atomic E-state index is 10.7. The lowest BCUT2D eigenvalue weighted by molar-refractivity contribution is -0.372. The molecule has 35 heavy (non-hydrogen) atoms. The van der Waals surface area contributed by atoms with E-state index in [0.717, 1.165) is 0 Å². The van der Waals surface area contributed by atoms with Crippen LogP contribution in [0.25, 0.3) is 0 Å². The van der Waals surface area contributed by atoms with Gasteiger partial charge in [0.05, 0.1) is 25.9 Å². The normalized spacial score (nSPS) is 51.3. The number of rotatable bonds is 8. The standard InChI is InChI=1S/C20H36O15/c1-6-10(23)13(26)17(7(3-21)31-6)34-20-16(29)14(27)18(8(4-22)32-20)35-19-15(28)12(25)11(24)9(33-19)5-30-2/h6-29H,3-5H2,1-2H3/t6-,7?,8?,9?,10?,11+,12?,13?,14?,15?,16?,17-,18-,19-,20-/m0/s1. The number of ether oxygens (including phenoxy) is 6. The molecule has 15 nitrogen and oxygen atoms in total. The molecule has 9 N–H and O–H groups in total. The molecule has 3 aliphatic rings. The summed E-state index contributed by atoms with van der Waals surface area (Å²) < 4.78 is 32.4. The molecule has 0 radical (unpaired) electrons. The second-order valence-corrected chi connectivity index (χ2v) is 8.92. The van der Waals surface area contributed by atoms with Crippen molar-refractivity contribution < 1.29 is 74.4 Å². The van der Waals surface area contributed by atoms with E-state index in [4.69, 9.17) is 28.4 Å². The molecule has 0 aromatic rings. The third-order valence-electron chi connectivity index (χ3n) is 6.51. The fourth-order valence-corrected chi connectivity index (χ4v) is 4.41. The van der Waals surface area contributed by atoms with Crippen molar-refractivity contribution in [3.8, 4) is 0 Å². The Bertz CT molecular complexity index is 652. The van der Waals surface area contributed by atoms with Crippen LogP contribution < -0.4 is 0 Å². The largest absolute Gasteiger partial charge is 0.394 e. The first-order valence-corrected chi connectivity index (χ1v) is 11.3. The minimum Gasteiger partial charge on any atom is -0.394 e. The van der Waals surface area contributed by atoms with E-state index in [-0.39, 0.29) is 6.61 Å². The van der Waals surface area contributed by atoms with E-state index in [2.05, 4.69) is 0 Å². The summed E-state index contributed by atoms with van der Waals surface area (Å²) in [6.07, 6.45) is -21.9. The lowest BCUT2D eigenvalue weighted by atomic mass is 9.94. The maximum atomic E-state index is 10.7. The van der Waals surface area contributed by atoms with Gasteiger partial charge in [0.2, 0.25) is 0 Å². The van der Waals surface area contributed by atoms with Gasteiger partial charge in [0.15, 0.2) is 12.6 Å². The van der Waals surface area contributed by atoms with Crippen LogP contribution >= 0.6 is 0 Å². The molecule has 15 atom stereocenters. The van der Waals surface area contributed by atoms with Crippen molar-refractivity contribution in [1.29, 1.82) is 0 Å². The van der Waals surface area contributed by atoms with E-state index in [9.17, 15) is 46.0 Å². The second kappa shape index (κ2) is 12.3. The van der Waals surface area contributed by atoms with Crippen LogP contribution in [0.4, 0.5) is 0 Å². The van der Waals surface area contributed by atoms with Gasteiger partial charge in [-0.15, -0.1) is 0 Å². The molecule has 206 valence electrons. The molecule has 0 aromatic heterocycles. The third kappa shape index (κ3) is 5.95. The van der Waals surface area contributed by atoms with Gasteiger partial charge in [0, 0.05) is 7.11 Å². The van der Waals surface area contributed by atoms with Crippen molar-refractivity contribution in [2.24, 2.45) is 0 Å². The zero-order valence-corrected chi connectivity index (χ0v) is 19.3. The molecule has 0 saturated carbocycles. The van der Waals surface area contributed by atoms with E-state index >= 15 is 0 Å². The zero-order chi connectivity index (χ0) is 26.0. The fraction of sp³-hybridized carbons (Fsp3) is 1.00. The Morgan fingerprint density at radius 1 is 0.571 bits per heavy atom. The highest BCUT2D eigenvalue weighted by Gasteiger charge is 2.53. The van der Waals surface area contributed by atoms with Crippen molar-refractivity contribution in [3.05, 3.63) is 0 Å². The SMILES string of the molecule is COCC1O[C@@H](O[C@H]2C(CO)O[C@@H](O[C@H]3C(CO)O[C@@H](C)C(O)C3O)C(O)C2O)C(O)C(O)[C@@H]1O. The minimum atomic E-state index is -1.82. The molecule has 0 bridgehead atoms. The zero-order valence-electron chi connectivity index (χ0n) is 19.3. The Hall–Kier alpha value is -0.600. The number of hydrogen-bond donors (Lipinski definition) is 9. The van der Waals surface area contributed by atoms with Crippen molar-refractivity contribution in [2.75, 3.05) is 26.9 Å². The third-order valence-corrected chi connectivity index (χ3v) is 6.51. The van der Waals surface area contributed by atoms with Crippen LogP contribution in [0.15, 0.2) is 0 Å². The molecular formula is C20H36O15. The first kappa shape index (κ1) is 29.0. The van der Waals surface area contributed by atoms with Crippen molar-refractivity contribution in [1.82, 2.24) is 0 Å². The monoisotopic (exact) mass is 516 g/mol. The smallest absolute Gasteiger partial charge is 0.187 e. The molecule has 3 saturated heterocycles. The quantitative estimate of drug-likeness (QED) is 0.146. The Morgan fingerprint density at radius 2 is 1.03 bits per heavy atom. The Kier molecular flexibility index (Phi) is 10.2. The first-order chi connectivity index (χ1) is 16.5. The predicted molar refractivity (Wildman–Crippen MR) is 109 cm³/mol. The minimum absolute atomic E-state index is 0.154. The van der Waals surface area contributed by atoms with E-state index in [1.54, 1.807) is 0 Å². The van der Waals surface area contributed by atoms with Gasteiger partial charge in [-0.2, -0.15) is 0 Å². The maximum Gasteiger partial charge on any atom is 0.187 e. The highest BCUT2D eigenvalue weighted by Crippen LogP contribution is 2.32. The van der Waals surface area contributed by atoms with E-state index in [1.165, 1.54) is 14.0 Å². The highest BCUT2D eigenvalue weighted by molar-refractivity contribution is 4.96. The van der Waals surface area contributed by atoms with Gasteiger partial charge in [-0.25, -0.2) is 0 Å². The van der Waals surface area contributed by atoms with E-state index in [0.29, 0.717) is 0 Å². The van der Waals surface area contributed by atoms with Gasteiger partial charge in [-0.1, -0.05) is 0 Å². The van der Waals surface area contributed by atoms with Gasteiger partial charge in [-0.05, 0) is 6.92 Å². The highest BCUT2D eigenvalue weighted by atomic mass is 16.7. The topological polar surface area (TPSA) is 237 Å². The molecule has 0 spiro atoms. The van der Waals surface area contributed by atoms with Crippen LogP contribution in [0, 0.1) is 0 Å². The molecule has 3 rings (SSSR count). The number of aliphatic hydroxyl groups excluding tert-OH is 9. The molecular weight excluding hydrogens is 480 g/mol. The predicted octanol–water partition coefficient (Wildman–Crippen LogP) is -5.85. The van der Waals surface area contributed by atoms with E-state index < -0.39 is 105 Å². The van der Waals surface area contributed by atoms with Crippen LogP contribution in [0.5, 0.6) is 0 Å².